The fraction of sp³-hybridized carbons (Fsp3) is 0.164. The average molecular weight is 929 g/mol. The highest BCUT2D eigenvalue weighted by Gasteiger charge is 2.48. The van der Waals surface area contributed by atoms with Crippen LogP contribution < -0.4 is 9.80 Å². The van der Waals surface area contributed by atoms with Crippen LogP contribution in [0.3, 0.4) is 0 Å². The second kappa shape index (κ2) is 17.2. The lowest BCUT2D eigenvalue weighted by atomic mass is 9.66. The predicted octanol–water partition coefficient (Wildman–Crippen LogP) is 18.8. The number of aryl methyl sites for hydroxylation is 2. The number of hydrogen-bond donors (Lipinski definition) is 0. The Kier molecular flexibility index (Phi) is 11.1. The van der Waals surface area contributed by atoms with E-state index in [2.05, 4.69) is 223 Å². The number of rotatable bonds is 8. The zero-order valence-electron chi connectivity index (χ0n) is 41.8. The van der Waals surface area contributed by atoms with E-state index in [0.29, 0.717) is 0 Å². The van der Waals surface area contributed by atoms with Crippen LogP contribution in [0.15, 0.2) is 206 Å². The molecule has 0 aromatic heterocycles. The number of anilines is 6. The van der Waals surface area contributed by atoms with Crippen LogP contribution in [0.5, 0.6) is 0 Å². The Morgan fingerprint density at radius 1 is 0.366 bits per heavy atom. The molecule has 11 rings (SSSR count). The molecule has 0 unspecified atom stereocenters. The van der Waals surface area contributed by atoms with Crippen molar-refractivity contribution in [2.45, 2.75) is 71.6 Å². The summed E-state index contributed by atoms with van der Waals surface area (Å²) in [4.78, 5) is 4.68. The normalized spacial score (nSPS) is 13.0. The molecule has 0 amide bonds. The number of nitrogens with zero attached hydrogens (tertiary/aromatic N) is 2. The lowest BCUT2D eigenvalue weighted by Gasteiger charge is -2.36. The van der Waals surface area contributed by atoms with E-state index >= 15 is 8.78 Å². The number of benzene rings is 10. The first-order chi connectivity index (χ1) is 34.1. The summed E-state index contributed by atoms with van der Waals surface area (Å²) in [6.45, 7) is 17.7. The van der Waals surface area contributed by atoms with Crippen LogP contribution in [0.2, 0.25) is 0 Å². The topological polar surface area (TPSA) is 6.48 Å². The highest BCUT2D eigenvalue weighted by molar-refractivity contribution is 6.20. The number of hydrogen-bond acceptors (Lipinski definition) is 2. The second-order valence-electron chi connectivity index (χ2n) is 21.5. The molecular formula is C67H58F2N2. The molecule has 0 bridgehead atoms. The Morgan fingerprint density at radius 2 is 0.803 bits per heavy atom. The second-order valence-corrected chi connectivity index (χ2v) is 21.5. The lowest BCUT2D eigenvalue weighted by molar-refractivity contribution is 0.590. The molecule has 0 heterocycles. The summed E-state index contributed by atoms with van der Waals surface area (Å²) in [6, 6.07) is 71.5. The largest absolute Gasteiger partial charge is 0.310 e. The summed E-state index contributed by atoms with van der Waals surface area (Å²) in [7, 11) is 0. The third-order valence-electron chi connectivity index (χ3n) is 14.6. The molecule has 350 valence electrons. The molecule has 1 aliphatic rings. The Balaban J connectivity index is 1.23. The molecule has 2 nitrogen and oxygen atoms in total. The van der Waals surface area contributed by atoms with E-state index in [0.717, 1.165) is 94.6 Å². The van der Waals surface area contributed by atoms with Gasteiger partial charge in [-0.3, -0.25) is 0 Å². The minimum atomic E-state index is -1.01. The zero-order chi connectivity index (χ0) is 49.4. The Hall–Kier alpha value is -7.82. The monoisotopic (exact) mass is 928 g/mol. The zero-order valence-corrected chi connectivity index (χ0v) is 41.8. The smallest absolute Gasteiger partial charge is 0.123 e. The van der Waals surface area contributed by atoms with Crippen molar-refractivity contribution in [1.29, 1.82) is 0 Å². The maximum atomic E-state index is 15.3. The van der Waals surface area contributed by atoms with Crippen LogP contribution in [-0.4, -0.2) is 0 Å². The van der Waals surface area contributed by atoms with Gasteiger partial charge in [0.15, 0.2) is 0 Å². The minimum Gasteiger partial charge on any atom is -0.310 e. The van der Waals surface area contributed by atoms with Gasteiger partial charge in [-0.05, 0) is 199 Å². The van der Waals surface area contributed by atoms with Crippen LogP contribution in [-0.2, 0) is 16.2 Å². The first-order valence-electron chi connectivity index (χ1n) is 24.7. The van der Waals surface area contributed by atoms with Gasteiger partial charge >= 0.3 is 0 Å². The van der Waals surface area contributed by atoms with Gasteiger partial charge in [0.1, 0.15) is 11.6 Å². The van der Waals surface area contributed by atoms with Crippen molar-refractivity contribution < 1.29 is 8.78 Å². The van der Waals surface area contributed by atoms with Gasteiger partial charge in [0.2, 0.25) is 0 Å². The van der Waals surface area contributed by atoms with Crippen LogP contribution in [0.4, 0.5) is 42.9 Å². The molecule has 0 atom stereocenters. The highest BCUT2D eigenvalue weighted by Crippen LogP contribution is 2.61. The maximum absolute atomic E-state index is 15.3. The molecule has 0 fully saturated rings. The van der Waals surface area contributed by atoms with Gasteiger partial charge in [-0.15, -0.1) is 0 Å². The minimum absolute atomic E-state index is 0.00535. The maximum Gasteiger partial charge on any atom is 0.123 e. The molecule has 0 N–H and O–H groups in total. The van der Waals surface area contributed by atoms with Crippen molar-refractivity contribution >= 4 is 55.7 Å². The Bertz CT molecular complexity index is 3590. The molecular weight excluding hydrogens is 871 g/mol. The third-order valence-corrected chi connectivity index (χ3v) is 14.6. The standard InChI is InChI=1S/C67H58F2N2/c1-43-13-11-15-53(39-43)70(51-31-23-45(24-32-51)65(3,4)5)55-35-37-59-61(41-55)57-17-9-10-18-58(57)63-60-38-36-56(71(54-16-12-14-44(2)40-54)52-33-25-46(26-34-52)66(6,7)8)42-62(60)67(64(59)63,47-19-27-49(68)28-20-47)48-21-29-50(69)30-22-48/h9-42H,1-8H3. The molecule has 71 heavy (non-hydrogen) atoms. The van der Waals surface area contributed by atoms with Gasteiger partial charge in [0.25, 0.3) is 0 Å². The lowest BCUT2D eigenvalue weighted by Crippen LogP contribution is -2.29. The van der Waals surface area contributed by atoms with Crippen LogP contribution >= 0.6 is 0 Å². The Labute approximate surface area is 417 Å². The van der Waals surface area contributed by atoms with Crippen molar-refractivity contribution in [2.75, 3.05) is 9.80 Å². The average Bonchev–Trinajstić information content (AvgIpc) is 3.66. The number of halogens is 2. The molecule has 10 aromatic carbocycles. The number of fused-ring (bicyclic) bond motifs is 8. The van der Waals surface area contributed by atoms with Gasteiger partial charge < -0.3 is 9.80 Å². The van der Waals surface area contributed by atoms with Gasteiger partial charge in [0, 0.05) is 34.1 Å². The first kappa shape index (κ1) is 45.6. The Morgan fingerprint density at radius 3 is 1.28 bits per heavy atom. The molecule has 0 spiro atoms. The van der Waals surface area contributed by atoms with Crippen molar-refractivity contribution in [3.63, 3.8) is 0 Å². The predicted molar refractivity (Wildman–Crippen MR) is 295 cm³/mol. The molecule has 1 aliphatic carbocycles. The molecule has 0 saturated carbocycles. The van der Waals surface area contributed by atoms with Gasteiger partial charge in [-0.1, -0.05) is 151 Å². The fourth-order valence-corrected chi connectivity index (χ4v) is 11.1. The van der Waals surface area contributed by atoms with Crippen LogP contribution in [0, 0.1) is 25.5 Å². The third kappa shape index (κ3) is 7.87. The summed E-state index contributed by atoms with van der Waals surface area (Å²) in [6.07, 6.45) is 0. The van der Waals surface area contributed by atoms with Crippen molar-refractivity contribution in [3.05, 3.63) is 262 Å². The van der Waals surface area contributed by atoms with E-state index < -0.39 is 5.41 Å². The van der Waals surface area contributed by atoms with E-state index in [9.17, 15) is 0 Å². The van der Waals surface area contributed by atoms with Crippen molar-refractivity contribution in [1.82, 2.24) is 0 Å². The van der Waals surface area contributed by atoms with E-state index in [-0.39, 0.29) is 22.5 Å². The molecule has 10 aromatic rings. The van der Waals surface area contributed by atoms with Gasteiger partial charge in [-0.25, -0.2) is 8.78 Å². The van der Waals surface area contributed by atoms with E-state index in [1.54, 1.807) is 24.3 Å². The van der Waals surface area contributed by atoms with Crippen LogP contribution in [0.1, 0.15) is 86.1 Å². The first-order valence-corrected chi connectivity index (χ1v) is 24.7. The quantitative estimate of drug-likeness (QED) is 0.140. The van der Waals surface area contributed by atoms with Crippen molar-refractivity contribution in [2.24, 2.45) is 0 Å². The van der Waals surface area contributed by atoms with E-state index in [1.807, 2.05) is 24.3 Å². The van der Waals surface area contributed by atoms with Gasteiger partial charge in [-0.2, -0.15) is 0 Å². The van der Waals surface area contributed by atoms with Crippen molar-refractivity contribution in [3.8, 4) is 11.1 Å². The summed E-state index contributed by atoms with van der Waals surface area (Å²) >= 11 is 0. The van der Waals surface area contributed by atoms with E-state index in [4.69, 9.17) is 0 Å². The highest BCUT2D eigenvalue weighted by atomic mass is 19.1. The SMILES string of the molecule is Cc1cccc(N(c2ccc(C(C)(C)C)cc2)c2ccc3c(c2)C(c2ccc(F)cc2)(c2ccc(F)cc2)c2c-3c3ccccc3c3cc(N(c4ccc(C(C)(C)C)cc4)c4cccc(C)c4)ccc23)c1. The van der Waals surface area contributed by atoms with Gasteiger partial charge in [0.05, 0.1) is 5.41 Å². The molecule has 0 aliphatic heterocycles. The summed E-state index contributed by atoms with van der Waals surface area (Å²) in [5, 5.41) is 4.38. The summed E-state index contributed by atoms with van der Waals surface area (Å²) in [5.74, 6) is -0.640. The molecule has 0 saturated heterocycles. The molecule has 0 radical (unpaired) electrons. The van der Waals surface area contributed by atoms with Crippen LogP contribution in [0.25, 0.3) is 32.7 Å². The molecule has 4 heteroatoms. The summed E-state index contributed by atoms with van der Waals surface area (Å²) in [5.41, 5.74) is 16.1. The van der Waals surface area contributed by atoms with E-state index in [1.165, 1.54) is 16.7 Å². The summed E-state index contributed by atoms with van der Waals surface area (Å²) < 4.78 is 30.7. The fourth-order valence-electron chi connectivity index (χ4n) is 11.1.